The SMILES string of the molecule is O=C1OCC(CCl)C1Cl. The summed E-state index contributed by atoms with van der Waals surface area (Å²) in [5.41, 5.74) is 0. The maximum atomic E-state index is 10.5. The van der Waals surface area contributed by atoms with Gasteiger partial charge in [-0.1, -0.05) is 0 Å². The molecule has 1 aliphatic rings. The van der Waals surface area contributed by atoms with Crippen molar-refractivity contribution < 1.29 is 9.53 Å². The molecule has 1 aliphatic heterocycles. The van der Waals surface area contributed by atoms with Gasteiger partial charge in [0, 0.05) is 11.8 Å². The van der Waals surface area contributed by atoms with Crippen LogP contribution in [0.2, 0.25) is 0 Å². The Balaban J connectivity index is 2.51. The number of hydrogen-bond donors (Lipinski definition) is 0. The number of halogens is 2. The quantitative estimate of drug-likeness (QED) is 0.432. The zero-order chi connectivity index (χ0) is 6.85. The third kappa shape index (κ3) is 1.30. The minimum atomic E-state index is -0.525. The van der Waals surface area contributed by atoms with Crippen molar-refractivity contribution >= 4 is 29.2 Å². The number of alkyl halides is 2. The van der Waals surface area contributed by atoms with Gasteiger partial charge in [0.25, 0.3) is 0 Å². The van der Waals surface area contributed by atoms with Gasteiger partial charge in [0.05, 0.1) is 6.61 Å². The maximum Gasteiger partial charge on any atom is 0.324 e. The molecular weight excluding hydrogens is 163 g/mol. The Morgan fingerprint density at radius 2 is 2.44 bits per heavy atom. The molecule has 0 aromatic rings. The Morgan fingerprint density at radius 1 is 1.78 bits per heavy atom. The molecule has 0 aromatic carbocycles. The molecule has 0 aliphatic carbocycles. The highest BCUT2D eigenvalue weighted by atomic mass is 35.5. The molecule has 0 saturated carbocycles. The average Bonchev–Trinajstić information content (AvgIpc) is 2.15. The van der Waals surface area contributed by atoms with Crippen molar-refractivity contribution in [2.75, 3.05) is 12.5 Å². The van der Waals surface area contributed by atoms with Crippen molar-refractivity contribution in [1.82, 2.24) is 0 Å². The monoisotopic (exact) mass is 168 g/mol. The second-order valence-corrected chi connectivity index (χ2v) is 2.72. The van der Waals surface area contributed by atoms with Crippen molar-refractivity contribution in [3.63, 3.8) is 0 Å². The van der Waals surface area contributed by atoms with Crippen LogP contribution in [-0.2, 0) is 9.53 Å². The van der Waals surface area contributed by atoms with Gasteiger partial charge in [0.2, 0.25) is 0 Å². The van der Waals surface area contributed by atoms with E-state index in [1.54, 1.807) is 0 Å². The van der Waals surface area contributed by atoms with Crippen LogP contribution in [0.5, 0.6) is 0 Å². The lowest BCUT2D eigenvalue weighted by atomic mass is 10.1. The second kappa shape index (κ2) is 2.76. The number of esters is 1. The summed E-state index contributed by atoms with van der Waals surface area (Å²) in [6, 6.07) is 0. The van der Waals surface area contributed by atoms with Crippen LogP contribution in [0.1, 0.15) is 0 Å². The fourth-order valence-electron chi connectivity index (χ4n) is 0.668. The van der Waals surface area contributed by atoms with Crippen LogP contribution in [0.25, 0.3) is 0 Å². The molecule has 0 N–H and O–H groups in total. The zero-order valence-electron chi connectivity index (χ0n) is 4.64. The van der Waals surface area contributed by atoms with Gasteiger partial charge in [0.15, 0.2) is 0 Å². The molecule has 1 rings (SSSR count). The first-order valence-electron chi connectivity index (χ1n) is 2.62. The third-order valence-corrected chi connectivity index (χ3v) is 2.21. The fraction of sp³-hybridized carbons (Fsp3) is 0.800. The van der Waals surface area contributed by atoms with Crippen LogP contribution < -0.4 is 0 Å². The minimum Gasteiger partial charge on any atom is -0.464 e. The normalized spacial score (nSPS) is 34.7. The topological polar surface area (TPSA) is 26.3 Å². The van der Waals surface area contributed by atoms with Crippen molar-refractivity contribution in [2.24, 2.45) is 5.92 Å². The van der Waals surface area contributed by atoms with Gasteiger partial charge < -0.3 is 4.74 Å². The van der Waals surface area contributed by atoms with Crippen molar-refractivity contribution in [3.8, 4) is 0 Å². The summed E-state index contributed by atoms with van der Waals surface area (Å²) in [6.45, 7) is 0.372. The van der Waals surface area contributed by atoms with Crippen LogP contribution in [-0.4, -0.2) is 23.8 Å². The molecule has 0 radical (unpaired) electrons. The van der Waals surface area contributed by atoms with E-state index in [2.05, 4.69) is 4.74 Å². The van der Waals surface area contributed by atoms with E-state index in [4.69, 9.17) is 23.2 Å². The molecule has 0 amide bonds. The highest BCUT2D eigenvalue weighted by molar-refractivity contribution is 6.31. The van der Waals surface area contributed by atoms with E-state index >= 15 is 0 Å². The average molecular weight is 169 g/mol. The Morgan fingerprint density at radius 3 is 2.67 bits per heavy atom. The predicted octanol–water partition coefficient (Wildman–Crippen LogP) is 1.01. The van der Waals surface area contributed by atoms with Gasteiger partial charge in [-0.05, 0) is 0 Å². The summed E-state index contributed by atoms with van der Waals surface area (Å²) in [7, 11) is 0. The van der Waals surface area contributed by atoms with Crippen LogP contribution in [0.4, 0.5) is 0 Å². The van der Waals surface area contributed by atoms with E-state index in [0.717, 1.165) is 0 Å². The van der Waals surface area contributed by atoms with E-state index in [-0.39, 0.29) is 11.9 Å². The molecule has 0 bridgehead atoms. The van der Waals surface area contributed by atoms with E-state index in [9.17, 15) is 4.79 Å². The maximum absolute atomic E-state index is 10.5. The standard InChI is InChI=1S/C5H6Cl2O2/c6-1-3-2-9-5(8)4(3)7/h3-4H,1-2H2. The molecule has 2 atom stereocenters. The highest BCUT2D eigenvalue weighted by Crippen LogP contribution is 2.21. The van der Waals surface area contributed by atoms with E-state index in [0.29, 0.717) is 12.5 Å². The van der Waals surface area contributed by atoms with Crippen molar-refractivity contribution in [3.05, 3.63) is 0 Å². The minimum absolute atomic E-state index is 0.000772. The van der Waals surface area contributed by atoms with Crippen molar-refractivity contribution in [2.45, 2.75) is 5.38 Å². The first-order valence-corrected chi connectivity index (χ1v) is 3.59. The van der Waals surface area contributed by atoms with Gasteiger partial charge in [-0.25, -0.2) is 0 Å². The highest BCUT2D eigenvalue weighted by Gasteiger charge is 2.34. The lowest BCUT2D eigenvalue weighted by Crippen LogP contribution is -2.16. The number of carbonyl (C=O) groups is 1. The third-order valence-electron chi connectivity index (χ3n) is 1.28. The summed E-state index contributed by atoms with van der Waals surface area (Å²) >= 11 is 11.0. The molecule has 9 heavy (non-hydrogen) atoms. The first-order chi connectivity index (χ1) is 4.25. The summed E-state index contributed by atoms with van der Waals surface area (Å²) in [5, 5.41) is -0.525. The van der Waals surface area contributed by atoms with Gasteiger partial charge in [0.1, 0.15) is 5.38 Å². The van der Waals surface area contributed by atoms with Crippen LogP contribution >= 0.6 is 23.2 Å². The fourth-order valence-corrected chi connectivity index (χ4v) is 1.25. The van der Waals surface area contributed by atoms with Crippen LogP contribution in [0.15, 0.2) is 0 Å². The Bertz CT molecular complexity index is 126. The Labute approximate surface area is 63.1 Å². The number of carbonyl (C=O) groups excluding carboxylic acids is 1. The zero-order valence-corrected chi connectivity index (χ0v) is 6.15. The van der Waals surface area contributed by atoms with Gasteiger partial charge in [-0.2, -0.15) is 0 Å². The smallest absolute Gasteiger partial charge is 0.324 e. The summed E-state index contributed by atoms with van der Waals surface area (Å²) in [5.74, 6) is 0.0445. The van der Waals surface area contributed by atoms with Crippen molar-refractivity contribution in [1.29, 1.82) is 0 Å². The summed E-state index contributed by atoms with van der Waals surface area (Å²) in [6.07, 6.45) is 0. The lowest BCUT2D eigenvalue weighted by Gasteiger charge is -2.00. The molecular formula is C5H6Cl2O2. The Kier molecular flexibility index (Phi) is 2.19. The predicted molar refractivity (Wildman–Crippen MR) is 34.8 cm³/mol. The number of cyclic esters (lactones) is 1. The lowest BCUT2D eigenvalue weighted by molar-refractivity contribution is -0.137. The summed E-state index contributed by atoms with van der Waals surface area (Å²) < 4.78 is 4.61. The molecule has 2 nitrogen and oxygen atoms in total. The van der Waals surface area contributed by atoms with E-state index in [1.807, 2.05) is 0 Å². The number of hydrogen-bond acceptors (Lipinski definition) is 2. The van der Waals surface area contributed by atoms with Gasteiger partial charge in [-0.15, -0.1) is 23.2 Å². The molecule has 52 valence electrons. The summed E-state index contributed by atoms with van der Waals surface area (Å²) in [4.78, 5) is 10.5. The number of ether oxygens (including phenoxy) is 1. The van der Waals surface area contributed by atoms with E-state index < -0.39 is 5.38 Å². The van der Waals surface area contributed by atoms with Crippen LogP contribution in [0.3, 0.4) is 0 Å². The van der Waals surface area contributed by atoms with Crippen LogP contribution in [0, 0.1) is 5.92 Å². The van der Waals surface area contributed by atoms with Gasteiger partial charge in [-0.3, -0.25) is 4.79 Å². The Hall–Kier alpha value is 0.0500. The van der Waals surface area contributed by atoms with E-state index in [1.165, 1.54) is 0 Å². The largest absolute Gasteiger partial charge is 0.464 e. The molecule has 2 unspecified atom stereocenters. The molecule has 4 heteroatoms. The second-order valence-electron chi connectivity index (χ2n) is 1.95. The molecule has 1 fully saturated rings. The molecule has 1 heterocycles. The molecule has 0 spiro atoms. The van der Waals surface area contributed by atoms with Gasteiger partial charge >= 0.3 is 5.97 Å². The molecule has 0 aromatic heterocycles. The first kappa shape index (κ1) is 7.16. The number of rotatable bonds is 1. The molecule has 1 saturated heterocycles.